The van der Waals surface area contributed by atoms with Gasteiger partial charge in [-0.1, -0.05) is 6.07 Å². The first kappa shape index (κ1) is 9.14. The number of rotatable bonds is 1. The molecule has 2 N–H and O–H groups in total. The molecule has 0 unspecified atom stereocenters. The zero-order valence-electron chi connectivity index (χ0n) is 7.48. The Balaban J connectivity index is 2.63. The van der Waals surface area contributed by atoms with Crippen LogP contribution < -0.4 is 5.73 Å². The van der Waals surface area contributed by atoms with Gasteiger partial charge >= 0.3 is 0 Å². The monoisotopic (exact) mass is 253 g/mol. The summed E-state index contributed by atoms with van der Waals surface area (Å²) < 4.78 is 2.41. The molecule has 0 saturated carbocycles. The molecule has 0 radical (unpaired) electrons. The summed E-state index contributed by atoms with van der Waals surface area (Å²) in [5.41, 5.74) is 7.31. The Morgan fingerprint density at radius 3 is 2.86 bits per heavy atom. The van der Waals surface area contributed by atoms with Crippen molar-refractivity contribution in [2.75, 3.05) is 5.73 Å². The van der Waals surface area contributed by atoms with Crippen molar-refractivity contribution in [1.82, 2.24) is 20.2 Å². The quantitative estimate of drug-likeness (QED) is 0.777. The largest absolute Gasteiger partial charge is 0.398 e. The van der Waals surface area contributed by atoms with Crippen molar-refractivity contribution in [3.8, 4) is 11.4 Å². The molecule has 0 aliphatic carbocycles. The van der Waals surface area contributed by atoms with Gasteiger partial charge in [-0.3, -0.25) is 0 Å². The molecule has 0 fully saturated rings. The van der Waals surface area contributed by atoms with Crippen molar-refractivity contribution in [3.05, 3.63) is 22.7 Å². The van der Waals surface area contributed by atoms with Gasteiger partial charge in [0.1, 0.15) is 0 Å². The van der Waals surface area contributed by atoms with Gasteiger partial charge in [0, 0.05) is 18.3 Å². The molecule has 1 aromatic heterocycles. The van der Waals surface area contributed by atoms with Gasteiger partial charge in [-0.05, 0) is 38.5 Å². The fraction of sp³-hybridized carbons (Fsp3) is 0.125. The van der Waals surface area contributed by atoms with E-state index in [1.807, 2.05) is 18.2 Å². The molecule has 0 bridgehead atoms. The van der Waals surface area contributed by atoms with E-state index in [0.717, 1.165) is 10.0 Å². The van der Waals surface area contributed by atoms with Gasteiger partial charge < -0.3 is 5.73 Å². The Morgan fingerprint density at radius 2 is 2.21 bits per heavy atom. The number of aryl methyl sites for hydroxylation is 1. The van der Waals surface area contributed by atoms with Crippen LogP contribution in [0, 0.1) is 0 Å². The lowest BCUT2D eigenvalue weighted by Crippen LogP contribution is -1.96. The maximum Gasteiger partial charge on any atom is 0.182 e. The first-order valence-electron chi connectivity index (χ1n) is 3.97. The lowest BCUT2D eigenvalue weighted by atomic mass is 10.2. The summed E-state index contributed by atoms with van der Waals surface area (Å²) in [6.45, 7) is 0. The van der Waals surface area contributed by atoms with E-state index >= 15 is 0 Å². The number of hydrogen-bond donors (Lipinski definition) is 1. The molecule has 14 heavy (non-hydrogen) atoms. The predicted molar refractivity (Wildman–Crippen MR) is 56.3 cm³/mol. The van der Waals surface area contributed by atoms with Crippen LogP contribution in [0.25, 0.3) is 11.4 Å². The van der Waals surface area contributed by atoms with Crippen LogP contribution in [0.1, 0.15) is 0 Å². The first-order valence-corrected chi connectivity index (χ1v) is 4.76. The van der Waals surface area contributed by atoms with Crippen LogP contribution in [0.3, 0.4) is 0 Å². The molecule has 0 amide bonds. The molecule has 0 aliphatic rings. The molecule has 0 atom stereocenters. The van der Waals surface area contributed by atoms with Crippen LogP contribution >= 0.6 is 15.9 Å². The minimum absolute atomic E-state index is 0.672. The molecule has 2 aromatic rings. The number of benzene rings is 1. The summed E-state index contributed by atoms with van der Waals surface area (Å²) in [7, 11) is 1.78. The molecule has 1 aromatic carbocycles. The maximum atomic E-state index is 5.75. The van der Waals surface area contributed by atoms with Crippen molar-refractivity contribution in [3.63, 3.8) is 0 Å². The highest BCUT2D eigenvalue weighted by Crippen LogP contribution is 2.30. The van der Waals surface area contributed by atoms with E-state index in [2.05, 4.69) is 31.5 Å². The predicted octanol–water partition coefficient (Wildman–Crippen LogP) is 1.22. The highest BCUT2D eigenvalue weighted by Gasteiger charge is 2.10. The molecular formula is C8H8BrN5. The lowest BCUT2D eigenvalue weighted by Gasteiger charge is -2.04. The fourth-order valence-corrected chi connectivity index (χ4v) is 1.62. The smallest absolute Gasteiger partial charge is 0.182 e. The topological polar surface area (TPSA) is 69.6 Å². The van der Waals surface area contributed by atoms with E-state index in [9.17, 15) is 0 Å². The average Bonchev–Trinajstić information content (AvgIpc) is 2.57. The summed E-state index contributed by atoms with van der Waals surface area (Å²) in [6.07, 6.45) is 0. The van der Waals surface area contributed by atoms with Gasteiger partial charge in [0.05, 0.1) is 4.47 Å². The van der Waals surface area contributed by atoms with Crippen molar-refractivity contribution in [1.29, 1.82) is 0 Å². The second kappa shape index (κ2) is 3.38. The van der Waals surface area contributed by atoms with Crippen LogP contribution in [0.2, 0.25) is 0 Å². The van der Waals surface area contributed by atoms with Gasteiger partial charge in [-0.15, -0.1) is 5.10 Å². The van der Waals surface area contributed by atoms with Crippen LogP contribution in [0.5, 0.6) is 0 Å². The second-order valence-corrected chi connectivity index (χ2v) is 3.63. The Bertz CT molecular complexity index is 465. The molecule has 6 heteroatoms. The van der Waals surface area contributed by atoms with E-state index < -0.39 is 0 Å². The third kappa shape index (κ3) is 1.37. The minimum atomic E-state index is 0.672. The van der Waals surface area contributed by atoms with Crippen molar-refractivity contribution in [2.45, 2.75) is 0 Å². The molecule has 2 rings (SSSR count). The molecular weight excluding hydrogens is 246 g/mol. The minimum Gasteiger partial charge on any atom is -0.398 e. The van der Waals surface area contributed by atoms with Gasteiger partial charge in [0.2, 0.25) is 0 Å². The fourth-order valence-electron chi connectivity index (χ4n) is 1.18. The number of halogens is 1. The highest BCUT2D eigenvalue weighted by molar-refractivity contribution is 9.10. The third-order valence-corrected chi connectivity index (χ3v) is 2.77. The van der Waals surface area contributed by atoms with E-state index in [-0.39, 0.29) is 0 Å². The lowest BCUT2D eigenvalue weighted by molar-refractivity contribution is 0.714. The van der Waals surface area contributed by atoms with Crippen molar-refractivity contribution >= 4 is 21.6 Å². The zero-order chi connectivity index (χ0) is 10.1. The maximum absolute atomic E-state index is 5.75. The van der Waals surface area contributed by atoms with Crippen LogP contribution in [-0.4, -0.2) is 20.2 Å². The normalized spacial score (nSPS) is 10.4. The number of tetrazole rings is 1. The van der Waals surface area contributed by atoms with Gasteiger partial charge in [0.25, 0.3) is 0 Å². The van der Waals surface area contributed by atoms with Gasteiger partial charge in [-0.2, -0.15) is 0 Å². The molecule has 0 spiro atoms. The first-order chi connectivity index (χ1) is 6.70. The van der Waals surface area contributed by atoms with Crippen LogP contribution in [-0.2, 0) is 7.05 Å². The molecule has 72 valence electrons. The van der Waals surface area contributed by atoms with E-state index in [1.165, 1.54) is 0 Å². The van der Waals surface area contributed by atoms with E-state index in [0.29, 0.717) is 11.5 Å². The molecule has 5 nitrogen and oxygen atoms in total. The summed E-state index contributed by atoms with van der Waals surface area (Å²) in [5, 5.41) is 11.2. The number of nitrogens with two attached hydrogens (primary N) is 1. The summed E-state index contributed by atoms with van der Waals surface area (Å²) in [6, 6.07) is 5.59. The number of aromatic nitrogens is 4. The number of hydrogen-bond acceptors (Lipinski definition) is 4. The van der Waals surface area contributed by atoms with Crippen molar-refractivity contribution in [2.24, 2.45) is 7.05 Å². The Labute approximate surface area is 89.0 Å². The van der Waals surface area contributed by atoms with Crippen LogP contribution in [0.15, 0.2) is 22.7 Å². The zero-order valence-corrected chi connectivity index (χ0v) is 9.06. The number of nitrogens with zero attached hydrogens (tertiary/aromatic N) is 4. The van der Waals surface area contributed by atoms with E-state index in [4.69, 9.17) is 5.73 Å². The Morgan fingerprint density at radius 1 is 1.43 bits per heavy atom. The molecule has 0 aliphatic heterocycles. The number of nitrogen functional groups attached to an aromatic ring is 1. The van der Waals surface area contributed by atoms with Crippen LogP contribution in [0.4, 0.5) is 5.69 Å². The second-order valence-electron chi connectivity index (χ2n) is 2.83. The summed E-state index contributed by atoms with van der Waals surface area (Å²) in [5.74, 6) is 0.684. The average molecular weight is 254 g/mol. The van der Waals surface area contributed by atoms with E-state index in [1.54, 1.807) is 11.7 Å². The standard InChI is InChI=1S/C8H8BrN5/c1-14-8(11-12-13-14)5-3-2-4-6(10)7(5)9/h2-4H,10H2,1H3. The summed E-state index contributed by atoms with van der Waals surface area (Å²) >= 11 is 3.40. The third-order valence-electron chi connectivity index (χ3n) is 1.89. The Hall–Kier alpha value is -1.43. The van der Waals surface area contributed by atoms with Gasteiger partial charge in [-0.25, -0.2) is 4.68 Å². The van der Waals surface area contributed by atoms with Gasteiger partial charge in [0.15, 0.2) is 5.82 Å². The summed E-state index contributed by atoms with van der Waals surface area (Å²) in [4.78, 5) is 0. The number of anilines is 1. The highest BCUT2D eigenvalue weighted by atomic mass is 79.9. The Kier molecular flexibility index (Phi) is 2.20. The molecule has 1 heterocycles. The van der Waals surface area contributed by atoms with Crippen molar-refractivity contribution < 1.29 is 0 Å². The molecule has 0 saturated heterocycles. The SMILES string of the molecule is Cn1nnnc1-c1cccc(N)c1Br.